The lowest BCUT2D eigenvalue weighted by atomic mass is 10.1. The molecule has 5 heteroatoms. The number of nitrogens with zero attached hydrogens (tertiary/aromatic N) is 2. The third-order valence-corrected chi connectivity index (χ3v) is 3.60. The van der Waals surface area contributed by atoms with Crippen LogP contribution < -0.4 is 9.47 Å². The van der Waals surface area contributed by atoms with Crippen molar-refractivity contribution >= 4 is 5.91 Å². The monoisotopic (exact) mass is 298 g/mol. The van der Waals surface area contributed by atoms with Crippen LogP contribution in [0.15, 0.2) is 42.7 Å². The Morgan fingerprint density at radius 1 is 1.18 bits per heavy atom. The number of pyridine rings is 1. The molecule has 0 N–H and O–H groups in total. The Kier molecular flexibility index (Phi) is 3.96. The van der Waals surface area contributed by atoms with Crippen molar-refractivity contribution in [1.29, 1.82) is 0 Å². The summed E-state index contributed by atoms with van der Waals surface area (Å²) in [7, 11) is 0. The summed E-state index contributed by atoms with van der Waals surface area (Å²) in [5.41, 5.74) is 1.66. The summed E-state index contributed by atoms with van der Waals surface area (Å²) in [5.74, 6) is 1.48. The average molecular weight is 298 g/mol. The first-order chi connectivity index (χ1) is 10.6. The SMILES string of the molecule is CC(C)N(Cc1ccc2c(c1)OCO2)C(=O)c1ccncc1. The fraction of sp³-hybridized carbons (Fsp3) is 0.294. The number of amides is 1. The summed E-state index contributed by atoms with van der Waals surface area (Å²) >= 11 is 0. The van der Waals surface area contributed by atoms with E-state index in [1.54, 1.807) is 24.5 Å². The zero-order valence-electron chi connectivity index (χ0n) is 12.7. The Morgan fingerprint density at radius 3 is 2.64 bits per heavy atom. The zero-order chi connectivity index (χ0) is 15.5. The van der Waals surface area contributed by atoms with Gasteiger partial charge in [0.05, 0.1) is 0 Å². The topological polar surface area (TPSA) is 51.7 Å². The van der Waals surface area contributed by atoms with E-state index >= 15 is 0 Å². The molecule has 0 unspecified atom stereocenters. The van der Waals surface area contributed by atoms with E-state index in [2.05, 4.69) is 4.98 Å². The molecule has 1 aromatic heterocycles. The van der Waals surface area contributed by atoms with Gasteiger partial charge in [0.1, 0.15) is 0 Å². The van der Waals surface area contributed by atoms with E-state index in [1.165, 1.54) is 0 Å². The third kappa shape index (κ3) is 2.88. The van der Waals surface area contributed by atoms with E-state index in [0.717, 1.165) is 17.1 Å². The molecule has 2 heterocycles. The molecular weight excluding hydrogens is 280 g/mol. The highest BCUT2D eigenvalue weighted by Gasteiger charge is 2.20. The summed E-state index contributed by atoms with van der Waals surface area (Å²) in [6, 6.07) is 9.33. The maximum Gasteiger partial charge on any atom is 0.254 e. The van der Waals surface area contributed by atoms with Crippen LogP contribution in [-0.4, -0.2) is 28.6 Å². The molecule has 114 valence electrons. The fourth-order valence-corrected chi connectivity index (χ4v) is 2.39. The van der Waals surface area contributed by atoms with Crippen molar-refractivity contribution in [2.75, 3.05) is 6.79 Å². The fourth-order valence-electron chi connectivity index (χ4n) is 2.39. The first kappa shape index (κ1) is 14.4. The van der Waals surface area contributed by atoms with Crippen molar-refractivity contribution in [3.63, 3.8) is 0 Å². The van der Waals surface area contributed by atoms with Gasteiger partial charge in [-0.05, 0) is 43.7 Å². The second-order valence-electron chi connectivity index (χ2n) is 5.45. The number of benzene rings is 1. The van der Waals surface area contributed by atoms with Crippen LogP contribution >= 0.6 is 0 Å². The Balaban J connectivity index is 1.82. The number of hydrogen-bond donors (Lipinski definition) is 0. The number of ether oxygens (including phenoxy) is 2. The Morgan fingerprint density at radius 2 is 1.91 bits per heavy atom. The van der Waals surface area contributed by atoms with E-state index in [9.17, 15) is 4.79 Å². The Labute approximate surface area is 129 Å². The molecule has 1 aromatic carbocycles. The van der Waals surface area contributed by atoms with Gasteiger partial charge in [-0.2, -0.15) is 0 Å². The normalized spacial score (nSPS) is 12.5. The van der Waals surface area contributed by atoms with Crippen molar-refractivity contribution in [3.05, 3.63) is 53.9 Å². The van der Waals surface area contributed by atoms with Crippen LogP contribution in [0.1, 0.15) is 29.8 Å². The summed E-state index contributed by atoms with van der Waals surface area (Å²) in [4.78, 5) is 18.4. The van der Waals surface area contributed by atoms with Crippen molar-refractivity contribution < 1.29 is 14.3 Å². The molecule has 5 nitrogen and oxygen atoms in total. The Bertz CT molecular complexity index is 671. The first-order valence-electron chi connectivity index (χ1n) is 7.24. The molecule has 1 aliphatic heterocycles. The quantitative estimate of drug-likeness (QED) is 0.871. The van der Waals surface area contributed by atoms with Gasteiger partial charge in [-0.3, -0.25) is 9.78 Å². The molecule has 22 heavy (non-hydrogen) atoms. The van der Waals surface area contributed by atoms with Gasteiger partial charge in [0.25, 0.3) is 5.91 Å². The largest absolute Gasteiger partial charge is 0.454 e. The molecular formula is C17H18N2O3. The molecule has 0 bridgehead atoms. The molecule has 1 amide bonds. The van der Waals surface area contributed by atoms with Crippen LogP contribution in [0.4, 0.5) is 0 Å². The van der Waals surface area contributed by atoms with Gasteiger partial charge in [0, 0.05) is 30.5 Å². The molecule has 0 atom stereocenters. The first-order valence-corrected chi connectivity index (χ1v) is 7.24. The maximum atomic E-state index is 12.7. The van der Waals surface area contributed by atoms with E-state index in [4.69, 9.17) is 9.47 Å². The highest BCUT2D eigenvalue weighted by Crippen LogP contribution is 2.33. The van der Waals surface area contributed by atoms with Gasteiger partial charge < -0.3 is 14.4 Å². The lowest BCUT2D eigenvalue weighted by molar-refractivity contribution is 0.0690. The summed E-state index contributed by atoms with van der Waals surface area (Å²) in [6.45, 7) is 4.79. The van der Waals surface area contributed by atoms with Crippen LogP contribution in [-0.2, 0) is 6.54 Å². The number of rotatable bonds is 4. The molecule has 0 radical (unpaired) electrons. The molecule has 1 aliphatic rings. The van der Waals surface area contributed by atoms with Crippen LogP contribution in [0, 0.1) is 0 Å². The number of hydrogen-bond acceptors (Lipinski definition) is 4. The summed E-state index contributed by atoms with van der Waals surface area (Å²) in [5, 5.41) is 0. The zero-order valence-corrected chi connectivity index (χ0v) is 12.7. The van der Waals surface area contributed by atoms with Crippen molar-refractivity contribution in [1.82, 2.24) is 9.88 Å². The van der Waals surface area contributed by atoms with Crippen LogP contribution in [0.2, 0.25) is 0 Å². The number of carbonyl (C=O) groups excluding carboxylic acids is 1. The van der Waals surface area contributed by atoms with Crippen LogP contribution in [0.25, 0.3) is 0 Å². The van der Waals surface area contributed by atoms with Crippen molar-refractivity contribution in [3.8, 4) is 11.5 Å². The molecule has 0 spiro atoms. The number of fused-ring (bicyclic) bond motifs is 1. The maximum absolute atomic E-state index is 12.7. The van der Waals surface area contributed by atoms with Crippen molar-refractivity contribution in [2.45, 2.75) is 26.4 Å². The van der Waals surface area contributed by atoms with Gasteiger partial charge in [-0.25, -0.2) is 0 Å². The van der Waals surface area contributed by atoms with E-state index in [1.807, 2.05) is 36.9 Å². The molecule has 0 saturated heterocycles. The van der Waals surface area contributed by atoms with E-state index < -0.39 is 0 Å². The van der Waals surface area contributed by atoms with Gasteiger partial charge in [-0.15, -0.1) is 0 Å². The summed E-state index contributed by atoms with van der Waals surface area (Å²) < 4.78 is 10.7. The highest BCUT2D eigenvalue weighted by molar-refractivity contribution is 5.94. The Hall–Kier alpha value is -2.56. The standard InChI is InChI=1S/C17H18N2O3/c1-12(2)19(17(20)14-5-7-18-8-6-14)10-13-3-4-15-16(9-13)22-11-21-15/h3-9,12H,10-11H2,1-2H3. The molecule has 3 rings (SSSR count). The molecule has 2 aromatic rings. The molecule has 0 saturated carbocycles. The van der Waals surface area contributed by atoms with Gasteiger partial charge >= 0.3 is 0 Å². The van der Waals surface area contributed by atoms with Crippen LogP contribution in [0.3, 0.4) is 0 Å². The minimum absolute atomic E-state index is 0.00457. The predicted molar refractivity (Wildman–Crippen MR) is 81.8 cm³/mol. The summed E-state index contributed by atoms with van der Waals surface area (Å²) in [6.07, 6.45) is 3.26. The van der Waals surface area contributed by atoms with Gasteiger partial charge in [0.2, 0.25) is 6.79 Å². The lowest BCUT2D eigenvalue weighted by Gasteiger charge is -2.27. The minimum atomic E-state index is -0.00457. The second kappa shape index (κ2) is 6.05. The minimum Gasteiger partial charge on any atom is -0.454 e. The van der Waals surface area contributed by atoms with Gasteiger partial charge in [-0.1, -0.05) is 6.07 Å². The van der Waals surface area contributed by atoms with E-state index in [-0.39, 0.29) is 18.7 Å². The number of aromatic nitrogens is 1. The second-order valence-corrected chi connectivity index (χ2v) is 5.45. The average Bonchev–Trinajstić information content (AvgIpc) is 3.00. The third-order valence-electron chi connectivity index (χ3n) is 3.60. The lowest BCUT2D eigenvalue weighted by Crippen LogP contribution is -2.36. The van der Waals surface area contributed by atoms with Crippen molar-refractivity contribution in [2.24, 2.45) is 0 Å². The predicted octanol–water partition coefficient (Wildman–Crippen LogP) is 2.86. The molecule has 0 aliphatic carbocycles. The molecule has 0 fully saturated rings. The van der Waals surface area contributed by atoms with E-state index in [0.29, 0.717) is 12.1 Å². The van der Waals surface area contributed by atoms with Crippen LogP contribution in [0.5, 0.6) is 11.5 Å². The smallest absolute Gasteiger partial charge is 0.254 e. The van der Waals surface area contributed by atoms with Gasteiger partial charge in [0.15, 0.2) is 11.5 Å². The number of carbonyl (C=O) groups is 1. The highest BCUT2D eigenvalue weighted by atomic mass is 16.7.